The van der Waals surface area contributed by atoms with Crippen LogP contribution in [0.5, 0.6) is 0 Å². The smallest absolute Gasteiger partial charge is 0.167 e. The fraction of sp³-hybridized carbons (Fsp3) is 0.188. The van der Waals surface area contributed by atoms with E-state index in [1.165, 1.54) is 12.1 Å². The van der Waals surface area contributed by atoms with Crippen LogP contribution in [0.3, 0.4) is 0 Å². The number of Topliss-reactive ketones (excluding diaryl/α,β-unsaturated/α-hetero) is 1. The van der Waals surface area contributed by atoms with Gasteiger partial charge in [0.2, 0.25) is 0 Å². The van der Waals surface area contributed by atoms with Gasteiger partial charge < -0.3 is 5.73 Å². The monoisotopic (exact) mass is 335 g/mol. The minimum atomic E-state index is -0.350. The van der Waals surface area contributed by atoms with Gasteiger partial charge in [-0.15, -0.1) is 0 Å². The molecule has 0 unspecified atom stereocenters. The molecule has 20 heavy (non-hydrogen) atoms. The summed E-state index contributed by atoms with van der Waals surface area (Å²) in [4.78, 5) is 12.4. The van der Waals surface area contributed by atoms with Crippen LogP contribution < -0.4 is 5.73 Å². The van der Waals surface area contributed by atoms with Gasteiger partial charge in [-0.2, -0.15) is 0 Å². The lowest BCUT2D eigenvalue weighted by molar-refractivity contribution is 0.0992. The Morgan fingerprint density at radius 2 is 1.95 bits per heavy atom. The van der Waals surface area contributed by atoms with E-state index in [2.05, 4.69) is 15.9 Å². The zero-order valence-electron chi connectivity index (χ0n) is 10.9. The third-order valence-corrected chi connectivity index (χ3v) is 3.48. The molecule has 0 radical (unpaired) electrons. The number of ketones is 1. The van der Waals surface area contributed by atoms with Crippen molar-refractivity contribution in [3.05, 3.63) is 69.4 Å². The zero-order valence-corrected chi connectivity index (χ0v) is 12.5. The van der Waals surface area contributed by atoms with Crippen molar-refractivity contribution in [1.29, 1.82) is 0 Å². The first-order chi connectivity index (χ1) is 9.60. The molecule has 0 saturated heterocycles. The van der Waals surface area contributed by atoms with Gasteiger partial charge in [0.25, 0.3) is 0 Å². The van der Waals surface area contributed by atoms with Crippen LogP contribution in [0.15, 0.2) is 46.9 Å². The SMILES string of the molecule is NCCc1ccccc1C(=O)Cc1cc(F)cc(Br)c1. The Morgan fingerprint density at radius 1 is 1.20 bits per heavy atom. The third-order valence-electron chi connectivity index (χ3n) is 3.02. The molecule has 2 aromatic carbocycles. The standard InChI is InChI=1S/C16H15BrFNO/c17-13-7-11(8-14(18)10-13)9-16(20)15-4-2-1-3-12(15)5-6-19/h1-4,7-8,10H,5-6,9,19H2. The molecule has 0 aromatic heterocycles. The second-order valence-electron chi connectivity index (χ2n) is 4.57. The molecule has 0 bridgehead atoms. The fourth-order valence-corrected chi connectivity index (χ4v) is 2.67. The van der Waals surface area contributed by atoms with Crippen molar-refractivity contribution in [2.24, 2.45) is 5.73 Å². The minimum absolute atomic E-state index is 0.0217. The van der Waals surface area contributed by atoms with Gasteiger partial charge in [-0.05, 0) is 42.3 Å². The predicted octanol–water partition coefficient (Wildman–Crippen LogP) is 3.51. The van der Waals surface area contributed by atoms with Gasteiger partial charge in [0.1, 0.15) is 5.82 Å². The van der Waals surface area contributed by atoms with Gasteiger partial charge in [-0.25, -0.2) is 4.39 Å². The van der Waals surface area contributed by atoms with Gasteiger partial charge in [0, 0.05) is 16.5 Å². The topological polar surface area (TPSA) is 43.1 Å². The highest BCUT2D eigenvalue weighted by Crippen LogP contribution is 2.18. The second kappa shape index (κ2) is 6.77. The van der Waals surface area contributed by atoms with Crippen molar-refractivity contribution in [3.8, 4) is 0 Å². The van der Waals surface area contributed by atoms with E-state index in [-0.39, 0.29) is 18.0 Å². The van der Waals surface area contributed by atoms with Crippen molar-refractivity contribution in [1.82, 2.24) is 0 Å². The first kappa shape index (κ1) is 14.9. The lowest BCUT2D eigenvalue weighted by Crippen LogP contribution is -2.11. The summed E-state index contributed by atoms with van der Waals surface area (Å²) < 4.78 is 14.0. The number of rotatable bonds is 5. The van der Waals surface area contributed by atoms with E-state index < -0.39 is 0 Å². The molecule has 0 spiro atoms. The summed E-state index contributed by atoms with van der Waals surface area (Å²) in [6.45, 7) is 0.496. The molecular formula is C16H15BrFNO. The van der Waals surface area contributed by atoms with Gasteiger partial charge in [0.15, 0.2) is 5.78 Å². The number of carbonyl (C=O) groups excluding carboxylic acids is 1. The molecular weight excluding hydrogens is 321 g/mol. The predicted molar refractivity (Wildman–Crippen MR) is 81.3 cm³/mol. The molecule has 0 aliphatic heterocycles. The largest absolute Gasteiger partial charge is 0.330 e. The van der Waals surface area contributed by atoms with Crippen LogP contribution in [-0.2, 0) is 12.8 Å². The molecule has 0 amide bonds. The molecule has 0 saturated carbocycles. The maximum absolute atomic E-state index is 13.3. The Morgan fingerprint density at radius 3 is 2.65 bits per heavy atom. The molecule has 2 rings (SSSR count). The van der Waals surface area contributed by atoms with Gasteiger partial charge in [-0.3, -0.25) is 4.79 Å². The van der Waals surface area contributed by atoms with E-state index in [4.69, 9.17) is 5.73 Å². The van der Waals surface area contributed by atoms with Crippen LogP contribution in [0.2, 0.25) is 0 Å². The summed E-state index contributed by atoms with van der Waals surface area (Å²) in [6, 6.07) is 11.9. The molecule has 104 valence electrons. The maximum atomic E-state index is 13.3. The number of benzene rings is 2. The normalized spacial score (nSPS) is 10.6. The van der Waals surface area contributed by atoms with Crippen LogP contribution >= 0.6 is 15.9 Å². The van der Waals surface area contributed by atoms with Crippen LogP contribution in [0, 0.1) is 5.82 Å². The molecule has 0 heterocycles. The van der Waals surface area contributed by atoms with Crippen molar-refractivity contribution in [3.63, 3.8) is 0 Å². The van der Waals surface area contributed by atoms with E-state index in [1.807, 2.05) is 18.2 Å². The molecule has 2 N–H and O–H groups in total. The van der Waals surface area contributed by atoms with Gasteiger partial charge in [-0.1, -0.05) is 40.2 Å². The highest BCUT2D eigenvalue weighted by molar-refractivity contribution is 9.10. The van der Waals surface area contributed by atoms with Crippen molar-refractivity contribution >= 4 is 21.7 Å². The summed E-state index contributed by atoms with van der Waals surface area (Å²) in [5, 5.41) is 0. The van der Waals surface area contributed by atoms with Crippen molar-refractivity contribution in [2.75, 3.05) is 6.54 Å². The average molecular weight is 336 g/mol. The Balaban J connectivity index is 2.23. The summed E-state index contributed by atoms with van der Waals surface area (Å²) in [6.07, 6.45) is 0.840. The second-order valence-corrected chi connectivity index (χ2v) is 5.49. The summed E-state index contributed by atoms with van der Waals surface area (Å²) in [5.74, 6) is -0.371. The fourth-order valence-electron chi connectivity index (χ4n) is 2.16. The number of halogens is 2. The van der Waals surface area contributed by atoms with Gasteiger partial charge in [0.05, 0.1) is 0 Å². The first-order valence-electron chi connectivity index (χ1n) is 6.36. The lowest BCUT2D eigenvalue weighted by atomic mass is 9.97. The third kappa shape index (κ3) is 3.74. The van der Waals surface area contributed by atoms with Crippen LogP contribution in [0.25, 0.3) is 0 Å². The lowest BCUT2D eigenvalue weighted by Gasteiger charge is -2.08. The molecule has 0 aliphatic carbocycles. The van der Waals surface area contributed by atoms with Crippen LogP contribution in [0.1, 0.15) is 21.5 Å². The van der Waals surface area contributed by atoms with E-state index in [0.717, 1.165) is 5.56 Å². The molecule has 2 aromatic rings. The number of hydrogen-bond donors (Lipinski definition) is 1. The van der Waals surface area contributed by atoms with Crippen LogP contribution in [-0.4, -0.2) is 12.3 Å². The Bertz CT molecular complexity index is 607. The highest BCUT2D eigenvalue weighted by atomic mass is 79.9. The summed E-state index contributed by atoms with van der Waals surface area (Å²) in [7, 11) is 0. The summed E-state index contributed by atoms with van der Waals surface area (Å²) in [5.41, 5.74) is 7.82. The summed E-state index contributed by atoms with van der Waals surface area (Å²) >= 11 is 3.23. The van der Waals surface area contributed by atoms with E-state index in [0.29, 0.717) is 28.6 Å². The van der Waals surface area contributed by atoms with Crippen LogP contribution in [0.4, 0.5) is 4.39 Å². The van der Waals surface area contributed by atoms with Crippen molar-refractivity contribution in [2.45, 2.75) is 12.8 Å². The van der Waals surface area contributed by atoms with E-state index in [1.54, 1.807) is 12.1 Å². The molecule has 2 nitrogen and oxygen atoms in total. The van der Waals surface area contributed by atoms with E-state index >= 15 is 0 Å². The molecule has 0 aliphatic rings. The molecule has 4 heteroatoms. The molecule has 0 atom stereocenters. The Hall–Kier alpha value is -1.52. The van der Waals surface area contributed by atoms with E-state index in [9.17, 15) is 9.18 Å². The molecule has 0 fully saturated rings. The van der Waals surface area contributed by atoms with Gasteiger partial charge >= 0.3 is 0 Å². The Kier molecular flexibility index (Phi) is 5.04. The zero-order chi connectivity index (χ0) is 14.5. The maximum Gasteiger partial charge on any atom is 0.167 e. The average Bonchev–Trinajstić information content (AvgIpc) is 2.38. The first-order valence-corrected chi connectivity index (χ1v) is 7.15. The minimum Gasteiger partial charge on any atom is -0.330 e. The van der Waals surface area contributed by atoms with Crippen molar-refractivity contribution < 1.29 is 9.18 Å². The number of hydrogen-bond acceptors (Lipinski definition) is 2. The quantitative estimate of drug-likeness (QED) is 0.849. The highest BCUT2D eigenvalue weighted by Gasteiger charge is 2.12. The number of carbonyl (C=O) groups is 1. The Labute approximate surface area is 125 Å². The number of nitrogens with two attached hydrogens (primary N) is 1.